The number of anilines is 1. The fourth-order valence-electron chi connectivity index (χ4n) is 3.67. The molecule has 0 unspecified atom stereocenters. The Morgan fingerprint density at radius 3 is 2.61 bits per heavy atom. The largest absolute Gasteiger partial charge is 0.494 e. The zero-order chi connectivity index (χ0) is 21.6. The predicted octanol–water partition coefficient (Wildman–Crippen LogP) is 3.26. The van der Waals surface area contributed by atoms with Gasteiger partial charge in [0.1, 0.15) is 17.0 Å². The van der Waals surface area contributed by atoms with Crippen LogP contribution in [0.2, 0.25) is 0 Å². The summed E-state index contributed by atoms with van der Waals surface area (Å²) in [5, 5.41) is 4.06. The number of fused-ring (bicyclic) bond motifs is 1. The molecule has 1 N–H and O–H groups in total. The Kier molecular flexibility index (Phi) is 6.89. The van der Waals surface area contributed by atoms with E-state index >= 15 is 0 Å². The van der Waals surface area contributed by atoms with Crippen LogP contribution in [0.1, 0.15) is 17.3 Å². The van der Waals surface area contributed by atoms with Crippen LogP contribution < -0.4 is 19.7 Å². The van der Waals surface area contributed by atoms with Crippen LogP contribution in [0.25, 0.3) is 10.2 Å². The van der Waals surface area contributed by atoms with Gasteiger partial charge in [0.2, 0.25) is 0 Å². The molecular formula is C23H28N4O3S. The molecule has 0 spiro atoms. The van der Waals surface area contributed by atoms with Gasteiger partial charge in [-0.05, 0) is 43.3 Å². The minimum Gasteiger partial charge on any atom is -0.494 e. The molecule has 8 heteroatoms. The van der Waals surface area contributed by atoms with E-state index in [0.717, 1.165) is 59.6 Å². The van der Waals surface area contributed by atoms with E-state index in [1.165, 1.54) is 0 Å². The molecule has 1 fully saturated rings. The van der Waals surface area contributed by atoms with Crippen molar-refractivity contribution in [1.29, 1.82) is 0 Å². The van der Waals surface area contributed by atoms with Crippen molar-refractivity contribution in [1.82, 2.24) is 15.2 Å². The first-order valence-corrected chi connectivity index (χ1v) is 11.4. The molecule has 4 rings (SSSR count). The minimum atomic E-state index is -0.0508. The van der Waals surface area contributed by atoms with Crippen LogP contribution in [-0.4, -0.2) is 68.8 Å². The lowest BCUT2D eigenvalue weighted by molar-refractivity contribution is 0.0947. The van der Waals surface area contributed by atoms with Gasteiger partial charge in [-0.15, -0.1) is 0 Å². The molecule has 31 heavy (non-hydrogen) atoms. The van der Waals surface area contributed by atoms with Gasteiger partial charge in [-0.3, -0.25) is 9.69 Å². The van der Waals surface area contributed by atoms with Crippen LogP contribution in [0, 0.1) is 0 Å². The van der Waals surface area contributed by atoms with Crippen molar-refractivity contribution in [2.24, 2.45) is 0 Å². The maximum atomic E-state index is 12.3. The van der Waals surface area contributed by atoms with E-state index < -0.39 is 0 Å². The minimum absolute atomic E-state index is 0.0508. The number of carbonyl (C=O) groups is 1. The summed E-state index contributed by atoms with van der Waals surface area (Å²) in [7, 11) is 1.68. The molecule has 1 saturated heterocycles. The summed E-state index contributed by atoms with van der Waals surface area (Å²) in [5.41, 5.74) is 1.59. The zero-order valence-electron chi connectivity index (χ0n) is 18.0. The number of thiazole rings is 1. The summed E-state index contributed by atoms with van der Waals surface area (Å²) in [5.74, 6) is 1.55. The van der Waals surface area contributed by atoms with Crippen LogP contribution in [0.4, 0.5) is 5.13 Å². The number of para-hydroxylation sites is 1. The van der Waals surface area contributed by atoms with Gasteiger partial charge < -0.3 is 19.7 Å². The molecule has 0 bridgehead atoms. The number of rotatable bonds is 8. The average molecular weight is 441 g/mol. The van der Waals surface area contributed by atoms with Crippen LogP contribution in [-0.2, 0) is 0 Å². The smallest absolute Gasteiger partial charge is 0.251 e. The van der Waals surface area contributed by atoms with Gasteiger partial charge in [0.25, 0.3) is 5.91 Å². The highest BCUT2D eigenvalue weighted by Crippen LogP contribution is 2.34. The normalized spacial score (nSPS) is 14.6. The molecule has 7 nitrogen and oxygen atoms in total. The maximum Gasteiger partial charge on any atom is 0.251 e. The number of hydrogen-bond donors (Lipinski definition) is 1. The molecule has 2 heterocycles. The van der Waals surface area contributed by atoms with Crippen molar-refractivity contribution in [2.75, 3.05) is 57.9 Å². The van der Waals surface area contributed by atoms with Gasteiger partial charge in [0.05, 0.1) is 18.4 Å². The Morgan fingerprint density at radius 2 is 1.90 bits per heavy atom. The number of nitrogens with zero attached hydrogens (tertiary/aromatic N) is 3. The Morgan fingerprint density at radius 1 is 1.13 bits per heavy atom. The van der Waals surface area contributed by atoms with Gasteiger partial charge in [0.15, 0.2) is 5.13 Å². The zero-order valence-corrected chi connectivity index (χ0v) is 18.8. The molecular weight excluding hydrogens is 412 g/mol. The van der Waals surface area contributed by atoms with Crippen molar-refractivity contribution in [3.63, 3.8) is 0 Å². The van der Waals surface area contributed by atoms with Gasteiger partial charge in [0, 0.05) is 44.8 Å². The molecule has 1 aliphatic rings. The summed E-state index contributed by atoms with van der Waals surface area (Å²) in [6, 6.07) is 13.3. The fourth-order valence-corrected chi connectivity index (χ4v) is 4.71. The second kappa shape index (κ2) is 9.98. The topological polar surface area (TPSA) is 66.9 Å². The van der Waals surface area contributed by atoms with Crippen molar-refractivity contribution >= 4 is 32.6 Å². The number of piperazine rings is 1. The molecule has 164 valence electrons. The first kappa shape index (κ1) is 21.4. The van der Waals surface area contributed by atoms with Crippen LogP contribution in [0.3, 0.4) is 0 Å². The number of amides is 1. The number of ether oxygens (including phenoxy) is 2. The Hall–Kier alpha value is -2.84. The third-order valence-electron chi connectivity index (χ3n) is 5.37. The van der Waals surface area contributed by atoms with Crippen LogP contribution in [0.15, 0.2) is 42.5 Å². The van der Waals surface area contributed by atoms with Gasteiger partial charge in [-0.25, -0.2) is 4.98 Å². The van der Waals surface area contributed by atoms with Gasteiger partial charge in [-0.2, -0.15) is 0 Å². The Bertz CT molecular complexity index is 1010. The monoisotopic (exact) mass is 440 g/mol. The number of benzene rings is 2. The average Bonchev–Trinajstić information content (AvgIpc) is 3.25. The standard InChI is InChI=1S/C23H28N4O3S/c1-3-30-18-9-7-17(8-10-18)22(28)24-11-12-26-13-15-27(16-14-26)23-25-21-19(29-2)5-4-6-20(21)31-23/h4-10H,3,11-16H2,1-2H3,(H,24,28). The van der Waals surface area contributed by atoms with E-state index in [1.54, 1.807) is 30.6 Å². The summed E-state index contributed by atoms with van der Waals surface area (Å²) in [6.07, 6.45) is 0. The SMILES string of the molecule is CCOc1ccc(C(=O)NCCN2CCN(c3nc4c(OC)cccc4s3)CC2)cc1. The molecule has 1 amide bonds. The van der Waals surface area contributed by atoms with E-state index in [2.05, 4.69) is 21.2 Å². The van der Waals surface area contributed by atoms with Crippen molar-refractivity contribution in [3.8, 4) is 11.5 Å². The molecule has 1 aliphatic heterocycles. The molecule has 3 aromatic rings. The number of hydrogen-bond acceptors (Lipinski definition) is 7. The lowest BCUT2D eigenvalue weighted by Crippen LogP contribution is -2.48. The van der Waals surface area contributed by atoms with Gasteiger partial charge in [-0.1, -0.05) is 17.4 Å². The second-order valence-corrected chi connectivity index (χ2v) is 8.35. The van der Waals surface area contributed by atoms with Crippen molar-refractivity contribution in [2.45, 2.75) is 6.92 Å². The fraction of sp³-hybridized carbons (Fsp3) is 0.391. The highest BCUT2D eigenvalue weighted by Gasteiger charge is 2.20. The summed E-state index contributed by atoms with van der Waals surface area (Å²) < 4.78 is 12.0. The Labute approximate surface area is 186 Å². The lowest BCUT2D eigenvalue weighted by Gasteiger charge is -2.34. The number of aromatic nitrogens is 1. The van der Waals surface area contributed by atoms with Gasteiger partial charge >= 0.3 is 0 Å². The summed E-state index contributed by atoms with van der Waals surface area (Å²) in [6.45, 7) is 7.78. The van der Waals surface area contributed by atoms with Crippen LogP contribution >= 0.6 is 11.3 Å². The number of carbonyl (C=O) groups excluding carboxylic acids is 1. The van der Waals surface area contributed by atoms with E-state index in [9.17, 15) is 4.79 Å². The van der Waals surface area contributed by atoms with E-state index in [0.29, 0.717) is 18.7 Å². The quantitative estimate of drug-likeness (QED) is 0.580. The summed E-state index contributed by atoms with van der Waals surface area (Å²) >= 11 is 1.71. The molecule has 1 aromatic heterocycles. The molecule has 0 saturated carbocycles. The highest BCUT2D eigenvalue weighted by molar-refractivity contribution is 7.22. The molecule has 0 aliphatic carbocycles. The number of methoxy groups -OCH3 is 1. The van der Waals surface area contributed by atoms with Crippen molar-refractivity contribution < 1.29 is 14.3 Å². The third-order valence-corrected chi connectivity index (χ3v) is 6.46. The first-order valence-electron chi connectivity index (χ1n) is 10.6. The molecule has 2 aromatic carbocycles. The molecule has 0 radical (unpaired) electrons. The Balaban J connectivity index is 1.24. The first-order chi connectivity index (χ1) is 15.2. The number of nitrogens with one attached hydrogen (secondary N) is 1. The van der Waals surface area contributed by atoms with E-state index in [-0.39, 0.29) is 5.91 Å². The third kappa shape index (κ3) is 5.08. The second-order valence-electron chi connectivity index (χ2n) is 7.35. The summed E-state index contributed by atoms with van der Waals surface area (Å²) in [4.78, 5) is 21.8. The lowest BCUT2D eigenvalue weighted by atomic mass is 10.2. The molecule has 0 atom stereocenters. The highest BCUT2D eigenvalue weighted by atomic mass is 32.1. The van der Waals surface area contributed by atoms with Crippen molar-refractivity contribution in [3.05, 3.63) is 48.0 Å². The maximum absolute atomic E-state index is 12.3. The predicted molar refractivity (Wildman–Crippen MR) is 125 cm³/mol. The van der Waals surface area contributed by atoms with E-state index in [1.807, 2.05) is 31.2 Å². The van der Waals surface area contributed by atoms with E-state index in [4.69, 9.17) is 14.5 Å². The van der Waals surface area contributed by atoms with Crippen LogP contribution in [0.5, 0.6) is 11.5 Å².